The Balaban J connectivity index is 1.92. The lowest BCUT2D eigenvalue weighted by Crippen LogP contribution is -2.29. The molecule has 0 unspecified atom stereocenters. The first-order chi connectivity index (χ1) is 20.8. The molecule has 0 saturated heterocycles. The molecule has 0 aromatic heterocycles. The fraction of sp³-hybridized carbons (Fsp3) is 0.242. The number of methoxy groups -OCH3 is 1. The summed E-state index contributed by atoms with van der Waals surface area (Å²) in [4.78, 5) is 40.8. The van der Waals surface area contributed by atoms with Gasteiger partial charge in [0.2, 0.25) is 0 Å². The molecule has 0 fully saturated rings. The SMILES string of the molecule is CCOC(=O)/C=C/Oc1cc(OC)ccc1C1C(C(=O)OCC)=CN(c2ccc(Br)c3ccccc23)C=C1C(=O)OCC. The molecule has 43 heavy (non-hydrogen) atoms. The number of carbonyl (C=O) groups is 3. The number of anilines is 1. The van der Waals surface area contributed by atoms with Crippen molar-refractivity contribution in [3.8, 4) is 11.5 Å². The predicted molar refractivity (Wildman–Crippen MR) is 166 cm³/mol. The van der Waals surface area contributed by atoms with Crippen molar-refractivity contribution in [2.75, 3.05) is 31.8 Å². The van der Waals surface area contributed by atoms with E-state index in [2.05, 4.69) is 15.9 Å². The predicted octanol–water partition coefficient (Wildman–Crippen LogP) is 6.56. The van der Waals surface area contributed by atoms with Crippen LogP contribution in [0.1, 0.15) is 32.3 Å². The van der Waals surface area contributed by atoms with Gasteiger partial charge >= 0.3 is 17.9 Å². The zero-order valence-electron chi connectivity index (χ0n) is 24.3. The van der Waals surface area contributed by atoms with E-state index in [0.717, 1.165) is 27.0 Å². The van der Waals surface area contributed by atoms with Gasteiger partial charge in [0.1, 0.15) is 11.5 Å². The van der Waals surface area contributed by atoms with E-state index in [1.807, 2.05) is 36.4 Å². The summed E-state index contributed by atoms with van der Waals surface area (Å²) >= 11 is 3.61. The number of fused-ring (bicyclic) bond motifs is 1. The summed E-state index contributed by atoms with van der Waals surface area (Å²) in [6, 6.07) is 16.6. The molecular formula is C33H32BrNO8. The first-order valence-corrected chi connectivity index (χ1v) is 14.5. The van der Waals surface area contributed by atoms with Gasteiger partial charge in [0.25, 0.3) is 0 Å². The fourth-order valence-electron chi connectivity index (χ4n) is 4.70. The molecule has 1 aliphatic rings. The first kappa shape index (κ1) is 31.4. The lowest BCUT2D eigenvalue weighted by molar-refractivity contribution is -0.140. The molecule has 0 N–H and O–H groups in total. The molecule has 0 atom stereocenters. The Morgan fingerprint density at radius 3 is 2.07 bits per heavy atom. The van der Waals surface area contributed by atoms with Gasteiger partial charge in [-0.25, -0.2) is 14.4 Å². The van der Waals surface area contributed by atoms with E-state index in [0.29, 0.717) is 11.3 Å². The number of hydrogen-bond acceptors (Lipinski definition) is 9. The van der Waals surface area contributed by atoms with Crippen molar-refractivity contribution in [3.05, 3.63) is 101 Å². The summed E-state index contributed by atoms with van der Waals surface area (Å²) in [5, 5.41) is 1.85. The maximum absolute atomic E-state index is 13.6. The molecule has 3 aromatic rings. The van der Waals surface area contributed by atoms with E-state index < -0.39 is 23.8 Å². The summed E-state index contributed by atoms with van der Waals surface area (Å²) in [5.74, 6) is -2.03. The van der Waals surface area contributed by atoms with Crippen LogP contribution in [0.5, 0.6) is 11.5 Å². The third-order valence-electron chi connectivity index (χ3n) is 6.54. The first-order valence-electron chi connectivity index (χ1n) is 13.7. The molecule has 0 radical (unpaired) electrons. The largest absolute Gasteiger partial charge is 0.497 e. The zero-order valence-corrected chi connectivity index (χ0v) is 25.9. The van der Waals surface area contributed by atoms with Crippen LogP contribution in [0.2, 0.25) is 0 Å². The highest BCUT2D eigenvalue weighted by molar-refractivity contribution is 9.10. The molecular weight excluding hydrogens is 618 g/mol. The van der Waals surface area contributed by atoms with E-state index >= 15 is 0 Å². The van der Waals surface area contributed by atoms with Gasteiger partial charge in [0.15, 0.2) is 0 Å². The van der Waals surface area contributed by atoms with Crippen molar-refractivity contribution in [2.24, 2.45) is 0 Å². The average Bonchev–Trinajstić information content (AvgIpc) is 3.01. The van der Waals surface area contributed by atoms with Crippen LogP contribution in [0.3, 0.4) is 0 Å². The maximum Gasteiger partial charge on any atom is 0.336 e. The second kappa shape index (κ2) is 14.6. The number of nitrogens with zero attached hydrogens (tertiary/aromatic N) is 1. The molecule has 0 bridgehead atoms. The van der Waals surface area contributed by atoms with Crippen molar-refractivity contribution < 1.29 is 38.1 Å². The van der Waals surface area contributed by atoms with Crippen LogP contribution in [0.15, 0.2) is 95.0 Å². The standard InChI is InChI=1S/C33H32BrNO8/c1-5-40-30(36)16-17-43-29-18-21(39-4)12-13-24(29)31-25(32(37)41-6-2)19-35(20-26(31)33(38)42-7-3)28-15-14-27(34)22-10-8-9-11-23(22)28/h8-20,31H,5-7H2,1-4H3/b17-16+. The second-order valence-corrected chi connectivity index (χ2v) is 9.99. The average molecular weight is 651 g/mol. The Hall–Kier alpha value is -4.57. The van der Waals surface area contributed by atoms with E-state index in [-0.39, 0.29) is 36.7 Å². The molecule has 9 nitrogen and oxygen atoms in total. The number of carbonyl (C=O) groups excluding carboxylic acids is 3. The Labute approximate surface area is 258 Å². The Bertz CT molecular complexity index is 1570. The Kier molecular flexibility index (Phi) is 10.6. The smallest absolute Gasteiger partial charge is 0.336 e. The van der Waals surface area contributed by atoms with Gasteiger partial charge in [0.05, 0.1) is 62.0 Å². The van der Waals surface area contributed by atoms with E-state index in [4.69, 9.17) is 23.7 Å². The molecule has 10 heteroatoms. The second-order valence-electron chi connectivity index (χ2n) is 9.14. The van der Waals surface area contributed by atoms with Crippen LogP contribution in [0.4, 0.5) is 5.69 Å². The van der Waals surface area contributed by atoms with Crippen molar-refractivity contribution in [2.45, 2.75) is 26.7 Å². The fourth-order valence-corrected chi connectivity index (χ4v) is 5.18. The molecule has 4 rings (SSSR count). The molecule has 0 amide bonds. The quantitative estimate of drug-likeness (QED) is 0.0988. The van der Waals surface area contributed by atoms with Crippen molar-refractivity contribution in [1.29, 1.82) is 0 Å². The molecule has 1 aliphatic heterocycles. The lowest BCUT2D eigenvalue weighted by Gasteiger charge is -2.31. The van der Waals surface area contributed by atoms with Gasteiger partial charge in [-0.15, -0.1) is 0 Å². The highest BCUT2D eigenvalue weighted by Gasteiger charge is 2.38. The van der Waals surface area contributed by atoms with Gasteiger partial charge in [-0.3, -0.25) is 0 Å². The van der Waals surface area contributed by atoms with Crippen molar-refractivity contribution in [1.82, 2.24) is 0 Å². The number of halogens is 1. The minimum atomic E-state index is -0.937. The van der Waals surface area contributed by atoms with Crippen LogP contribution in [0.25, 0.3) is 10.8 Å². The van der Waals surface area contributed by atoms with E-state index in [1.54, 1.807) is 56.3 Å². The molecule has 224 valence electrons. The van der Waals surface area contributed by atoms with Crippen LogP contribution < -0.4 is 14.4 Å². The van der Waals surface area contributed by atoms with Crippen LogP contribution in [0, 0.1) is 0 Å². The third-order valence-corrected chi connectivity index (χ3v) is 7.24. The van der Waals surface area contributed by atoms with Crippen molar-refractivity contribution in [3.63, 3.8) is 0 Å². The molecule has 1 heterocycles. The minimum Gasteiger partial charge on any atom is -0.497 e. The number of benzene rings is 3. The number of esters is 3. The summed E-state index contributed by atoms with van der Waals surface area (Å²) in [5.41, 5.74) is 1.56. The van der Waals surface area contributed by atoms with Gasteiger partial charge in [0, 0.05) is 33.9 Å². The highest BCUT2D eigenvalue weighted by atomic mass is 79.9. The van der Waals surface area contributed by atoms with E-state index in [1.165, 1.54) is 13.4 Å². The summed E-state index contributed by atoms with van der Waals surface area (Å²) < 4.78 is 28.1. The summed E-state index contributed by atoms with van der Waals surface area (Å²) in [6.07, 6.45) is 5.63. The van der Waals surface area contributed by atoms with Gasteiger partial charge in [-0.1, -0.05) is 46.3 Å². The Morgan fingerprint density at radius 1 is 0.837 bits per heavy atom. The zero-order chi connectivity index (χ0) is 30.9. The van der Waals surface area contributed by atoms with Crippen molar-refractivity contribution >= 4 is 50.3 Å². The number of hydrogen-bond donors (Lipinski definition) is 0. The summed E-state index contributed by atoms with van der Waals surface area (Å²) in [6.45, 7) is 5.57. The molecule has 0 aliphatic carbocycles. The topological polar surface area (TPSA) is 101 Å². The lowest BCUT2D eigenvalue weighted by atomic mass is 9.82. The van der Waals surface area contributed by atoms with E-state index in [9.17, 15) is 14.4 Å². The number of ether oxygens (including phenoxy) is 5. The molecule has 0 saturated carbocycles. The normalized spacial score (nSPS) is 13.4. The highest BCUT2D eigenvalue weighted by Crippen LogP contribution is 2.44. The maximum atomic E-state index is 13.6. The van der Waals surface area contributed by atoms with Crippen LogP contribution >= 0.6 is 15.9 Å². The van der Waals surface area contributed by atoms with Gasteiger partial charge in [-0.2, -0.15) is 0 Å². The monoisotopic (exact) mass is 649 g/mol. The van der Waals surface area contributed by atoms with Crippen LogP contribution in [-0.4, -0.2) is 44.8 Å². The third kappa shape index (κ3) is 7.09. The van der Waals surface area contributed by atoms with Gasteiger partial charge in [-0.05, 0) is 44.4 Å². The number of rotatable bonds is 11. The molecule has 0 spiro atoms. The molecule has 3 aromatic carbocycles. The van der Waals surface area contributed by atoms with Crippen LogP contribution in [-0.2, 0) is 28.6 Å². The Morgan fingerprint density at radius 2 is 1.47 bits per heavy atom. The summed E-state index contributed by atoms with van der Waals surface area (Å²) in [7, 11) is 1.50. The van der Waals surface area contributed by atoms with Gasteiger partial charge < -0.3 is 28.6 Å². The minimum absolute atomic E-state index is 0.122.